The van der Waals surface area contributed by atoms with Crippen molar-refractivity contribution in [1.29, 1.82) is 0 Å². The van der Waals surface area contributed by atoms with Crippen LogP contribution in [0.25, 0.3) is 0 Å². The first-order chi connectivity index (χ1) is 45.8. The van der Waals surface area contributed by atoms with Crippen LogP contribution in [0.15, 0.2) is 97.2 Å². The molecular formula is C75H129NO18. The van der Waals surface area contributed by atoms with Crippen LogP contribution >= 0.6 is 0 Å². The number of aliphatic hydroxyl groups excluding tert-OH is 11. The summed E-state index contributed by atoms with van der Waals surface area (Å²) in [5, 5.41) is 121. The standard InChI is InChI=1S/C75H129NO18/c1-3-5-7-9-11-13-15-17-19-21-23-24-25-26-27-28-29-30-31-32-33-34-35-37-39-41-43-45-47-49-51-53-63(81)76-58(59(80)52-50-48-46-44-42-40-38-36-22-20-18-16-14-12-10-8-6-4-2)57-89-73-69(87)66(84)71(61(55-78)91-73)94-75-70(88)67(85)72(62(56-79)92-75)93-74-68(86)65(83)64(82)60(54-77)90-74/h5,7,11,13,17,19,23-24,26-27,29-30,32-33,35,37,58-62,64-75,77-80,82-88H,3-4,6,8-10,12,14-16,18,20-22,25,28,31,34,36,38-57H2,1-2H3,(H,76,81)/b7-5-,13-11-,19-17-,24-23-,27-26-,30-29-,33-32-,37-35-. The van der Waals surface area contributed by atoms with Crippen LogP contribution in [0.3, 0.4) is 0 Å². The van der Waals surface area contributed by atoms with Gasteiger partial charge in [-0.25, -0.2) is 0 Å². The fraction of sp³-hybridized carbons (Fsp3) is 0.773. The summed E-state index contributed by atoms with van der Waals surface area (Å²) in [5.74, 6) is -0.260. The van der Waals surface area contributed by atoms with E-state index in [4.69, 9.17) is 28.4 Å². The van der Waals surface area contributed by atoms with Gasteiger partial charge in [0.2, 0.25) is 5.91 Å². The first-order valence-corrected chi connectivity index (χ1v) is 36.5. The molecule has 17 unspecified atom stereocenters. The predicted molar refractivity (Wildman–Crippen MR) is 369 cm³/mol. The Bertz CT molecular complexity index is 2080. The number of aliphatic hydroxyl groups is 11. The summed E-state index contributed by atoms with van der Waals surface area (Å²) in [6, 6.07) is -0.903. The van der Waals surface area contributed by atoms with Gasteiger partial charge in [0.1, 0.15) is 73.2 Å². The molecule has 17 atom stereocenters. The second-order valence-electron chi connectivity index (χ2n) is 25.7. The largest absolute Gasteiger partial charge is 0.394 e. The molecule has 3 aliphatic heterocycles. The van der Waals surface area contributed by atoms with Crippen LogP contribution in [-0.2, 0) is 33.2 Å². The number of hydrogen-bond acceptors (Lipinski definition) is 18. The van der Waals surface area contributed by atoms with Crippen LogP contribution in [0.2, 0.25) is 0 Å². The molecule has 0 aromatic rings. The molecule has 3 saturated heterocycles. The number of hydrogen-bond donors (Lipinski definition) is 12. The fourth-order valence-electron chi connectivity index (χ4n) is 11.8. The maximum Gasteiger partial charge on any atom is 0.220 e. The third kappa shape index (κ3) is 36.5. The van der Waals surface area contributed by atoms with Crippen molar-refractivity contribution < 1.29 is 89.4 Å². The van der Waals surface area contributed by atoms with E-state index in [2.05, 4.69) is 116 Å². The quantitative estimate of drug-likeness (QED) is 0.0199. The highest BCUT2D eigenvalue weighted by Crippen LogP contribution is 2.33. The van der Waals surface area contributed by atoms with Gasteiger partial charge >= 0.3 is 0 Å². The predicted octanol–water partition coefficient (Wildman–Crippen LogP) is 10.4. The Morgan fingerprint density at radius 2 is 0.734 bits per heavy atom. The van der Waals surface area contributed by atoms with Gasteiger partial charge < -0.3 is 89.9 Å². The highest BCUT2D eigenvalue weighted by Gasteiger charge is 2.53. The maximum atomic E-state index is 13.4. The molecule has 12 N–H and O–H groups in total. The lowest BCUT2D eigenvalue weighted by molar-refractivity contribution is -0.379. The molecule has 0 aromatic carbocycles. The van der Waals surface area contributed by atoms with Gasteiger partial charge in [-0.3, -0.25) is 4.79 Å². The first-order valence-electron chi connectivity index (χ1n) is 36.5. The molecule has 0 aromatic heterocycles. The smallest absolute Gasteiger partial charge is 0.220 e. The van der Waals surface area contributed by atoms with E-state index in [0.717, 1.165) is 116 Å². The van der Waals surface area contributed by atoms with Gasteiger partial charge in [0.05, 0.1) is 38.6 Å². The average molecular weight is 1330 g/mol. The molecule has 0 bridgehead atoms. The van der Waals surface area contributed by atoms with Gasteiger partial charge in [0.15, 0.2) is 18.9 Å². The second-order valence-corrected chi connectivity index (χ2v) is 25.7. The van der Waals surface area contributed by atoms with Gasteiger partial charge in [-0.2, -0.15) is 0 Å². The molecule has 3 heterocycles. The molecule has 0 aliphatic carbocycles. The van der Waals surface area contributed by atoms with Crippen molar-refractivity contribution >= 4 is 5.91 Å². The molecule has 19 heteroatoms. The molecule has 94 heavy (non-hydrogen) atoms. The molecule has 0 spiro atoms. The molecular weight excluding hydrogens is 1200 g/mol. The van der Waals surface area contributed by atoms with E-state index in [1.807, 2.05) is 0 Å². The van der Waals surface area contributed by atoms with E-state index in [-0.39, 0.29) is 18.9 Å². The SMILES string of the molecule is CC/C=C\C/C=C\C/C=C\C/C=C\C/C=C\C/C=C\C/C=C\C/C=C\CCCCCCCCC(=O)NC(COC1OC(CO)C(OC2OC(CO)C(OC3OC(CO)C(O)C(O)C3O)C(O)C2O)C(O)C1O)C(O)CCCCCCCCCCCCCCCCCCCC. The molecule has 19 nitrogen and oxygen atoms in total. The van der Waals surface area contributed by atoms with Crippen molar-refractivity contribution in [2.75, 3.05) is 26.4 Å². The molecule has 3 aliphatic rings. The Labute approximate surface area is 564 Å². The van der Waals surface area contributed by atoms with E-state index < -0.39 is 124 Å². The van der Waals surface area contributed by atoms with Crippen LogP contribution in [0.4, 0.5) is 0 Å². The minimum atomic E-state index is -1.98. The van der Waals surface area contributed by atoms with Gasteiger partial charge in [-0.05, 0) is 77.0 Å². The zero-order valence-corrected chi connectivity index (χ0v) is 57.4. The molecule has 1 amide bonds. The third-order valence-corrected chi connectivity index (χ3v) is 17.7. The lowest BCUT2D eigenvalue weighted by Crippen LogP contribution is -2.66. The summed E-state index contributed by atoms with van der Waals surface area (Å²) in [4.78, 5) is 13.4. The number of nitrogens with one attached hydrogen (secondary N) is 1. The van der Waals surface area contributed by atoms with Crippen molar-refractivity contribution in [3.05, 3.63) is 97.2 Å². The Morgan fingerprint density at radius 1 is 0.394 bits per heavy atom. The zero-order valence-electron chi connectivity index (χ0n) is 57.4. The maximum absolute atomic E-state index is 13.4. The van der Waals surface area contributed by atoms with Gasteiger partial charge in [0.25, 0.3) is 0 Å². The lowest BCUT2D eigenvalue weighted by Gasteiger charge is -2.48. The van der Waals surface area contributed by atoms with Gasteiger partial charge in [-0.15, -0.1) is 0 Å². The number of allylic oxidation sites excluding steroid dienone is 16. The van der Waals surface area contributed by atoms with Crippen molar-refractivity contribution in [1.82, 2.24) is 5.32 Å². The zero-order chi connectivity index (χ0) is 68.2. The van der Waals surface area contributed by atoms with Crippen molar-refractivity contribution in [3.63, 3.8) is 0 Å². The average Bonchev–Trinajstić information content (AvgIpc) is 0.787. The van der Waals surface area contributed by atoms with Crippen molar-refractivity contribution in [2.24, 2.45) is 0 Å². The number of carbonyl (C=O) groups is 1. The Kier molecular flexibility index (Phi) is 50.2. The van der Waals surface area contributed by atoms with Gasteiger partial charge in [-0.1, -0.05) is 252 Å². The first kappa shape index (κ1) is 84.9. The monoisotopic (exact) mass is 1330 g/mol. The van der Waals surface area contributed by atoms with Crippen LogP contribution in [0.5, 0.6) is 0 Å². The number of ether oxygens (including phenoxy) is 6. The van der Waals surface area contributed by atoms with E-state index >= 15 is 0 Å². The molecule has 3 fully saturated rings. The topological polar surface area (TPSA) is 307 Å². The lowest BCUT2D eigenvalue weighted by atomic mass is 9.96. The Balaban J connectivity index is 1.41. The summed E-state index contributed by atoms with van der Waals surface area (Å²) < 4.78 is 34.4. The highest BCUT2D eigenvalue weighted by molar-refractivity contribution is 5.76. The summed E-state index contributed by atoms with van der Waals surface area (Å²) >= 11 is 0. The van der Waals surface area contributed by atoms with E-state index in [1.54, 1.807) is 0 Å². The number of carbonyl (C=O) groups excluding carboxylic acids is 1. The van der Waals surface area contributed by atoms with Crippen molar-refractivity contribution in [3.8, 4) is 0 Å². The van der Waals surface area contributed by atoms with Crippen LogP contribution < -0.4 is 5.32 Å². The normalized spacial score (nSPS) is 27.9. The second kappa shape index (κ2) is 55.6. The Morgan fingerprint density at radius 3 is 1.15 bits per heavy atom. The molecule has 542 valence electrons. The summed E-state index contributed by atoms with van der Waals surface area (Å²) in [6.45, 7) is 1.68. The van der Waals surface area contributed by atoms with E-state index in [0.29, 0.717) is 12.8 Å². The van der Waals surface area contributed by atoms with Crippen molar-refractivity contribution in [2.45, 2.75) is 343 Å². The minimum absolute atomic E-state index is 0.243. The Hall–Kier alpha value is -3.29. The minimum Gasteiger partial charge on any atom is -0.394 e. The van der Waals surface area contributed by atoms with Crippen LogP contribution in [-0.4, -0.2) is 193 Å². The van der Waals surface area contributed by atoms with E-state index in [9.17, 15) is 61.0 Å². The van der Waals surface area contributed by atoms with E-state index in [1.165, 1.54) is 89.9 Å². The summed E-state index contributed by atoms with van der Waals surface area (Å²) in [5.41, 5.74) is 0. The highest BCUT2D eigenvalue weighted by atomic mass is 16.8. The van der Waals surface area contributed by atoms with Crippen LogP contribution in [0, 0.1) is 0 Å². The summed E-state index contributed by atoms with van der Waals surface area (Å²) in [6.07, 6.45) is 46.1. The van der Waals surface area contributed by atoms with Gasteiger partial charge in [0, 0.05) is 6.42 Å². The number of unbranched alkanes of at least 4 members (excludes halogenated alkanes) is 23. The number of amides is 1. The molecule has 3 rings (SSSR count). The summed E-state index contributed by atoms with van der Waals surface area (Å²) in [7, 11) is 0. The molecule has 0 radical (unpaired) electrons. The number of rotatable bonds is 55. The van der Waals surface area contributed by atoms with Crippen LogP contribution in [0.1, 0.15) is 239 Å². The fourth-order valence-corrected chi connectivity index (χ4v) is 11.8. The third-order valence-electron chi connectivity index (χ3n) is 17.7. The molecule has 0 saturated carbocycles.